The van der Waals surface area contributed by atoms with Gasteiger partial charge in [0, 0.05) is 17.3 Å². The van der Waals surface area contributed by atoms with E-state index in [9.17, 15) is 9.59 Å². The molecule has 1 aliphatic rings. The second-order valence-corrected chi connectivity index (χ2v) is 6.62. The quantitative estimate of drug-likeness (QED) is 0.644. The number of carbonyl (C=O) groups excluding carboxylic acids is 2. The van der Waals surface area contributed by atoms with Gasteiger partial charge in [-0.15, -0.1) is 0 Å². The number of aryl methyl sites for hydroxylation is 1. The minimum absolute atomic E-state index is 0.00896. The summed E-state index contributed by atoms with van der Waals surface area (Å²) in [6, 6.07) is 0.213. The Balaban J connectivity index is 2.10. The summed E-state index contributed by atoms with van der Waals surface area (Å²) in [7, 11) is 0. The molecule has 4 nitrogen and oxygen atoms in total. The van der Waals surface area contributed by atoms with Gasteiger partial charge >= 0.3 is 0 Å². The lowest BCUT2D eigenvalue weighted by atomic mass is 10.0. The maximum absolute atomic E-state index is 12.7. The molecule has 0 radical (unpaired) electrons. The van der Waals surface area contributed by atoms with Gasteiger partial charge in [-0.25, -0.2) is 0 Å². The summed E-state index contributed by atoms with van der Waals surface area (Å²) in [5, 5.41) is 3.49. The van der Waals surface area contributed by atoms with Crippen molar-refractivity contribution in [3.05, 3.63) is 22.5 Å². The SMILES string of the molecule is CC(=O)c1c(C)[nH]c(C(=O)[C@H](C)NC2CCCCCC2)c1C. The van der Waals surface area contributed by atoms with Crippen molar-refractivity contribution >= 4 is 11.6 Å². The van der Waals surface area contributed by atoms with Crippen molar-refractivity contribution in [2.24, 2.45) is 0 Å². The molecule has 22 heavy (non-hydrogen) atoms. The zero-order valence-electron chi connectivity index (χ0n) is 14.2. The topological polar surface area (TPSA) is 62.0 Å². The Morgan fingerprint density at radius 2 is 1.73 bits per heavy atom. The van der Waals surface area contributed by atoms with E-state index >= 15 is 0 Å². The van der Waals surface area contributed by atoms with Crippen LogP contribution in [0.25, 0.3) is 0 Å². The van der Waals surface area contributed by atoms with Crippen LogP contribution in [-0.2, 0) is 0 Å². The molecule has 2 N–H and O–H groups in total. The molecule has 0 amide bonds. The summed E-state index contributed by atoms with van der Waals surface area (Å²) < 4.78 is 0. The number of rotatable bonds is 5. The van der Waals surface area contributed by atoms with Crippen LogP contribution < -0.4 is 5.32 Å². The third kappa shape index (κ3) is 3.67. The maximum Gasteiger partial charge on any atom is 0.195 e. The summed E-state index contributed by atoms with van der Waals surface area (Å²) in [4.78, 5) is 27.5. The highest BCUT2D eigenvalue weighted by Gasteiger charge is 2.25. The lowest BCUT2D eigenvalue weighted by Crippen LogP contribution is -2.41. The molecule has 1 aromatic heterocycles. The van der Waals surface area contributed by atoms with Crippen LogP contribution in [0.1, 0.15) is 84.5 Å². The van der Waals surface area contributed by atoms with E-state index in [-0.39, 0.29) is 17.6 Å². The molecule has 1 heterocycles. The smallest absolute Gasteiger partial charge is 0.195 e. The van der Waals surface area contributed by atoms with E-state index < -0.39 is 0 Å². The number of Topliss-reactive ketones (excluding diaryl/α,β-unsaturated/α-hetero) is 2. The molecular weight excluding hydrogens is 276 g/mol. The standard InChI is InChI=1S/C18H28N2O2/c1-11-16(14(4)21)12(2)20-17(11)18(22)13(3)19-15-9-7-5-6-8-10-15/h13,15,19-20H,5-10H2,1-4H3/t13-/m0/s1. The molecule has 1 aromatic rings. The first-order chi connectivity index (χ1) is 10.4. The maximum atomic E-state index is 12.7. The van der Waals surface area contributed by atoms with Gasteiger partial charge in [0.25, 0.3) is 0 Å². The monoisotopic (exact) mass is 304 g/mol. The minimum Gasteiger partial charge on any atom is -0.355 e. The average Bonchev–Trinajstić information content (AvgIpc) is 2.64. The lowest BCUT2D eigenvalue weighted by molar-refractivity contribution is 0.0937. The van der Waals surface area contributed by atoms with Crippen LogP contribution in [-0.4, -0.2) is 28.6 Å². The molecule has 0 aromatic carbocycles. The van der Waals surface area contributed by atoms with Gasteiger partial charge in [0.2, 0.25) is 0 Å². The molecule has 0 aliphatic heterocycles. The van der Waals surface area contributed by atoms with Gasteiger partial charge in [0.1, 0.15) is 0 Å². The Morgan fingerprint density at radius 3 is 2.23 bits per heavy atom. The largest absolute Gasteiger partial charge is 0.355 e. The second-order valence-electron chi connectivity index (χ2n) is 6.62. The summed E-state index contributed by atoms with van der Waals surface area (Å²) in [5.74, 6) is 0.0621. The van der Waals surface area contributed by atoms with Gasteiger partial charge in [-0.3, -0.25) is 9.59 Å². The Bertz CT molecular complexity index is 552. The second kappa shape index (κ2) is 7.23. The van der Waals surface area contributed by atoms with Gasteiger partial charge in [-0.05, 0) is 46.1 Å². The zero-order chi connectivity index (χ0) is 16.3. The summed E-state index contributed by atoms with van der Waals surface area (Å²) >= 11 is 0. The number of nitrogens with one attached hydrogen (secondary N) is 2. The lowest BCUT2D eigenvalue weighted by Gasteiger charge is -2.21. The van der Waals surface area contributed by atoms with Crippen molar-refractivity contribution < 1.29 is 9.59 Å². The van der Waals surface area contributed by atoms with Crippen LogP contribution in [0.5, 0.6) is 0 Å². The number of aromatic amines is 1. The van der Waals surface area contributed by atoms with Gasteiger partial charge in [-0.1, -0.05) is 25.7 Å². The van der Waals surface area contributed by atoms with Crippen LogP contribution in [0.3, 0.4) is 0 Å². The molecule has 122 valence electrons. The van der Waals surface area contributed by atoms with Crippen molar-refractivity contribution in [3.8, 4) is 0 Å². The molecule has 0 spiro atoms. The van der Waals surface area contributed by atoms with Crippen molar-refractivity contribution in [3.63, 3.8) is 0 Å². The van der Waals surface area contributed by atoms with E-state index in [4.69, 9.17) is 0 Å². The summed E-state index contributed by atoms with van der Waals surface area (Å²) in [6.45, 7) is 7.18. The highest BCUT2D eigenvalue weighted by molar-refractivity contribution is 6.05. The van der Waals surface area contributed by atoms with Crippen LogP contribution in [0, 0.1) is 13.8 Å². The first-order valence-corrected chi connectivity index (χ1v) is 8.42. The van der Waals surface area contributed by atoms with Gasteiger partial charge in [-0.2, -0.15) is 0 Å². The van der Waals surface area contributed by atoms with Crippen LogP contribution >= 0.6 is 0 Å². The molecule has 0 saturated heterocycles. The molecule has 0 bridgehead atoms. The molecule has 2 rings (SSSR count). The Hall–Kier alpha value is -1.42. The van der Waals surface area contributed by atoms with E-state index in [0.29, 0.717) is 17.3 Å². The third-order valence-corrected chi connectivity index (χ3v) is 4.77. The first kappa shape index (κ1) is 16.9. The number of aromatic nitrogens is 1. The van der Waals surface area contributed by atoms with Crippen molar-refractivity contribution in [1.82, 2.24) is 10.3 Å². The van der Waals surface area contributed by atoms with Crippen molar-refractivity contribution in [2.45, 2.75) is 78.3 Å². The fraction of sp³-hybridized carbons (Fsp3) is 0.667. The average molecular weight is 304 g/mol. The van der Waals surface area contributed by atoms with E-state index in [1.807, 2.05) is 20.8 Å². The molecule has 1 fully saturated rings. The fourth-order valence-electron chi connectivity index (χ4n) is 3.62. The number of hydrogen-bond acceptors (Lipinski definition) is 3. The van der Waals surface area contributed by atoms with E-state index in [1.54, 1.807) is 6.92 Å². The third-order valence-electron chi connectivity index (χ3n) is 4.77. The molecule has 4 heteroatoms. The minimum atomic E-state index is -0.223. The van der Waals surface area contributed by atoms with Gasteiger partial charge in [0.15, 0.2) is 11.6 Å². The van der Waals surface area contributed by atoms with E-state index in [0.717, 1.165) is 24.1 Å². The normalized spacial score (nSPS) is 18.0. The van der Waals surface area contributed by atoms with Gasteiger partial charge in [0.05, 0.1) is 11.7 Å². The fourth-order valence-corrected chi connectivity index (χ4v) is 3.62. The Morgan fingerprint density at radius 1 is 1.14 bits per heavy atom. The van der Waals surface area contributed by atoms with Crippen molar-refractivity contribution in [1.29, 1.82) is 0 Å². The van der Waals surface area contributed by atoms with E-state index in [2.05, 4.69) is 10.3 Å². The first-order valence-electron chi connectivity index (χ1n) is 8.42. The van der Waals surface area contributed by atoms with Crippen LogP contribution in [0.2, 0.25) is 0 Å². The summed E-state index contributed by atoms with van der Waals surface area (Å²) in [6.07, 6.45) is 7.40. The van der Waals surface area contributed by atoms with Crippen LogP contribution in [0.4, 0.5) is 0 Å². The summed E-state index contributed by atoms with van der Waals surface area (Å²) in [5.41, 5.74) is 2.81. The number of carbonyl (C=O) groups is 2. The zero-order valence-corrected chi connectivity index (χ0v) is 14.2. The molecular formula is C18H28N2O2. The van der Waals surface area contributed by atoms with Gasteiger partial charge < -0.3 is 10.3 Å². The number of hydrogen-bond donors (Lipinski definition) is 2. The van der Waals surface area contributed by atoms with E-state index in [1.165, 1.54) is 25.7 Å². The number of H-pyrrole nitrogens is 1. The highest BCUT2D eigenvalue weighted by atomic mass is 16.1. The number of ketones is 2. The molecule has 1 saturated carbocycles. The Kier molecular flexibility index (Phi) is 5.57. The predicted octanol–water partition coefficient (Wildman–Crippen LogP) is 3.72. The molecule has 1 atom stereocenters. The molecule has 0 unspecified atom stereocenters. The van der Waals surface area contributed by atoms with Crippen molar-refractivity contribution in [2.75, 3.05) is 0 Å². The van der Waals surface area contributed by atoms with Crippen LogP contribution in [0.15, 0.2) is 0 Å². The Labute approximate surface area is 133 Å². The predicted molar refractivity (Wildman–Crippen MR) is 88.7 cm³/mol. The highest BCUT2D eigenvalue weighted by Crippen LogP contribution is 2.21. The molecule has 1 aliphatic carbocycles.